The third kappa shape index (κ3) is 3.61. The molecule has 4 aromatic rings. The second-order valence-corrected chi connectivity index (χ2v) is 11.2. The third-order valence-corrected chi connectivity index (χ3v) is 8.97. The van der Waals surface area contributed by atoms with Crippen LogP contribution in [0.25, 0.3) is 39.3 Å². The van der Waals surface area contributed by atoms with Crippen LogP contribution < -0.4 is 5.32 Å². The summed E-state index contributed by atoms with van der Waals surface area (Å²) >= 11 is 0. The van der Waals surface area contributed by atoms with Crippen molar-refractivity contribution in [2.24, 2.45) is 17.8 Å². The SMILES string of the molecule is CC1CC=Cc2cc3c(NC4C5CCC(CC5)[C@H]4C(=O)O)nc(-c4c[nH]c5c(F)cc(F)cc45)nc3cc21. The van der Waals surface area contributed by atoms with Gasteiger partial charge >= 0.3 is 5.97 Å². The molecule has 0 spiro atoms. The molecule has 3 saturated carbocycles. The normalized spacial score (nSPS) is 26.1. The van der Waals surface area contributed by atoms with Crippen molar-refractivity contribution in [1.29, 1.82) is 0 Å². The Kier molecular flexibility index (Phi) is 5.29. The number of aliphatic carboxylic acids is 1. The fourth-order valence-corrected chi connectivity index (χ4v) is 7.05. The zero-order valence-corrected chi connectivity index (χ0v) is 21.0. The maximum atomic E-state index is 14.5. The highest BCUT2D eigenvalue weighted by molar-refractivity contribution is 5.98. The Morgan fingerprint density at radius 3 is 2.63 bits per heavy atom. The van der Waals surface area contributed by atoms with E-state index in [1.165, 1.54) is 11.6 Å². The van der Waals surface area contributed by atoms with Gasteiger partial charge in [0.2, 0.25) is 0 Å². The predicted molar refractivity (Wildman–Crippen MR) is 143 cm³/mol. The molecule has 3 fully saturated rings. The molecule has 2 heterocycles. The Hall–Kier alpha value is -3.81. The highest BCUT2D eigenvalue weighted by Crippen LogP contribution is 2.47. The molecule has 2 aromatic carbocycles. The van der Waals surface area contributed by atoms with E-state index < -0.39 is 23.5 Å². The number of rotatable bonds is 4. The minimum atomic E-state index is -0.771. The van der Waals surface area contributed by atoms with Gasteiger partial charge in [0.05, 0.1) is 17.0 Å². The number of aromatic nitrogens is 3. The van der Waals surface area contributed by atoms with Gasteiger partial charge in [0, 0.05) is 34.6 Å². The van der Waals surface area contributed by atoms with Crippen molar-refractivity contribution in [3.8, 4) is 11.4 Å². The molecule has 8 heteroatoms. The van der Waals surface area contributed by atoms with Crippen LogP contribution in [-0.4, -0.2) is 32.1 Å². The summed E-state index contributed by atoms with van der Waals surface area (Å²) in [6.07, 6.45) is 10.7. The van der Waals surface area contributed by atoms with Gasteiger partial charge in [-0.1, -0.05) is 19.1 Å². The second kappa shape index (κ2) is 8.61. The van der Waals surface area contributed by atoms with E-state index in [0.717, 1.165) is 54.6 Å². The van der Waals surface area contributed by atoms with Crippen molar-refractivity contribution in [3.05, 3.63) is 59.3 Å². The Morgan fingerprint density at radius 1 is 1.05 bits per heavy atom. The van der Waals surface area contributed by atoms with Gasteiger partial charge in [-0.2, -0.15) is 0 Å². The molecule has 2 unspecified atom stereocenters. The van der Waals surface area contributed by atoms with Crippen LogP contribution in [0.15, 0.2) is 36.5 Å². The van der Waals surface area contributed by atoms with Gasteiger partial charge in [0.15, 0.2) is 5.82 Å². The topological polar surface area (TPSA) is 90.9 Å². The van der Waals surface area contributed by atoms with Crippen molar-refractivity contribution < 1.29 is 18.7 Å². The molecule has 3 N–H and O–H groups in total. The number of aromatic amines is 1. The Bertz CT molecular complexity index is 1640. The third-order valence-electron chi connectivity index (χ3n) is 8.97. The van der Waals surface area contributed by atoms with Gasteiger partial charge in [0.25, 0.3) is 0 Å². The highest BCUT2D eigenvalue weighted by atomic mass is 19.1. The zero-order chi connectivity index (χ0) is 26.1. The van der Waals surface area contributed by atoms with E-state index in [2.05, 4.69) is 41.5 Å². The molecule has 0 saturated heterocycles. The van der Waals surface area contributed by atoms with Crippen molar-refractivity contribution in [2.75, 3.05) is 5.32 Å². The van der Waals surface area contributed by atoms with Crippen molar-refractivity contribution >= 4 is 39.7 Å². The lowest BCUT2D eigenvalue weighted by Crippen LogP contribution is -2.51. The number of hydrogen-bond donors (Lipinski definition) is 3. The molecule has 2 aromatic heterocycles. The largest absolute Gasteiger partial charge is 0.481 e. The molecule has 194 valence electrons. The Labute approximate surface area is 218 Å². The van der Waals surface area contributed by atoms with Crippen molar-refractivity contribution in [3.63, 3.8) is 0 Å². The van der Waals surface area contributed by atoms with E-state index in [0.29, 0.717) is 28.5 Å². The summed E-state index contributed by atoms with van der Waals surface area (Å²) in [5.41, 5.74) is 3.70. The van der Waals surface area contributed by atoms with E-state index in [4.69, 9.17) is 9.97 Å². The quantitative estimate of drug-likeness (QED) is 0.276. The number of nitrogens with zero attached hydrogens (tertiary/aromatic N) is 2. The summed E-state index contributed by atoms with van der Waals surface area (Å²) in [5.74, 6) is -0.970. The van der Waals surface area contributed by atoms with Crippen LogP contribution >= 0.6 is 0 Å². The first-order valence-corrected chi connectivity index (χ1v) is 13.4. The average Bonchev–Trinajstić information content (AvgIpc) is 3.33. The molecule has 4 aliphatic rings. The lowest BCUT2D eigenvalue weighted by atomic mass is 9.61. The number of fused-ring (bicyclic) bond motifs is 6. The highest BCUT2D eigenvalue weighted by Gasteiger charge is 2.47. The number of halogens is 2. The van der Waals surface area contributed by atoms with E-state index in [-0.39, 0.29) is 23.4 Å². The zero-order valence-electron chi connectivity index (χ0n) is 21.0. The first-order valence-electron chi connectivity index (χ1n) is 13.4. The van der Waals surface area contributed by atoms with Gasteiger partial charge in [0.1, 0.15) is 17.5 Å². The van der Waals surface area contributed by atoms with Gasteiger partial charge in [-0.05, 0) is 79.2 Å². The first kappa shape index (κ1) is 23.3. The Morgan fingerprint density at radius 2 is 1.84 bits per heavy atom. The van der Waals surface area contributed by atoms with Gasteiger partial charge < -0.3 is 15.4 Å². The molecule has 2 bridgehead atoms. The van der Waals surface area contributed by atoms with Crippen LogP contribution in [0.3, 0.4) is 0 Å². The first-order chi connectivity index (χ1) is 18.4. The lowest BCUT2D eigenvalue weighted by Gasteiger charge is -2.47. The fraction of sp³-hybridized carbons (Fsp3) is 0.367. The van der Waals surface area contributed by atoms with E-state index in [1.54, 1.807) is 6.20 Å². The fourth-order valence-electron chi connectivity index (χ4n) is 7.05. The summed E-state index contributed by atoms with van der Waals surface area (Å²) < 4.78 is 28.6. The van der Waals surface area contributed by atoms with Gasteiger partial charge in [-0.3, -0.25) is 4.79 Å². The Balaban J connectivity index is 1.43. The van der Waals surface area contributed by atoms with Crippen LogP contribution in [0, 0.1) is 29.4 Å². The number of benzene rings is 2. The molecule has 0 amide bonds. The van der Waals surface area contributed by atoms with Crippen LogP contribution in [0.4, 0.5) is 14.6 Å². The number of allylic oxidation sites excluding steroid dienone is 1. The number of carboxylic acid groups (broad SMARTS) is 1. The number of hydrogen-bond acceptors (Lipinski definition) is 4. The van der Waals surface area contributed by atoms with E-state index in [1.807, 2.05) is 0 Å². The summed E-state index contributed by atoms with van der Waals surface area (Å²) in [5, 5.41) is 14.9. The molecule has 4 aliphatic carbocycles. The van der Waals surface area contributed by atoms with Gasteiger partial charge in [-0.15, -0.1) is 0 Å². The average molecular weight is 515 g/mol. The minimum absolute atomic E-state index is 0.152. The molecule has 8 rings (SSSR count). The van der Waals surface area contributed by atoms with Crippen LogP contribution in [-0.2, 0) is 4.79 Å². The van der Waals surface area contributed by atoms with Crippen molar-refractivity contribution in [2.45, 2.75) is 51.0 Å². The number of nitrogens with one attached hydrogen (secondary N) is 2. The number of H-pyrrole nitrogens is 1. The molecule has 0 radical (unpaired) electrons. The lowest BCUT2D eigenvalue weighted by molar-refractivity contribution is -0.148. The standard InChI is InChI=1S/C30H28F2N4O2/c1-14-3-2-4-17-9-21-24(12-19(14)17)34-29(22-13-33-27-20(22)10-18(31)11-23(27)32)36-28(21)35-26-16-7-5-15(6-8-16)25(26)30(37)38/h2,4,9-16,25-26,33H,3,5-8H2,1H3,(H,37,38)(H,34,35,36)/t14?,15?,16?,25-,26?/m1/s1. The van der Waals surface area contributed by atoms with Gasteiger partial charge in [-0.25, -0.2) is 18.7 Å². The molecular weight excluding hydrogens is 486 g/mol. The molecule has 3 atom stereocenters. The number of carboxylic acids is 1. The van der Waals surface area contributed by atoms with E-state index in [9.17, 15) is 18.7 Å². The monoisotopic (exact) mass is 514 g/mol. The predicted octanol–water partition coefficient (Wildman–Crippen LogP) is 6.88. The summed E-state index contributed by atoms with van der Waals surface area (Å²) in [6, 6.07) is 6.04. The summed E-state index contributed by atoms with van der Waals surface area (Å²) in [4.78, 5) is 25.0. The molecule has 6 nitrogen and oxygen atoms in total. The smallest absolute Gasteiger partial charge is 0.308 e. The van der Waals surface area contributed by atoms with E-state index >= 15 is 0 Å². The molecule has 0 aliphatic heterocycles. The van der Waals surface area contributed by atoms with Crippen LogP contribution in [0.5, 0.6) is 0 Å². The summed E-state index contributed by atoms with van der Waals surface area (Å²) in [6.45, 7) is 2.18. The minimum Gasteiger partial charge on any atom is -0.481 e. The second-order valence-electron chi connectivity index (χ2n) is 11.2. The van der Waals surface area contributed by atoms with Crippen LogP contribution in [0.2, 0.25) is 0 Å². The van der Waals surface area contributed by atoms with Crippen molar-refractivity contribution in [1.82, 2.24) is 15.0 Å². The number of anilines is 1. The summed E-state index contributed by atoms with van der Waals surface area (Å²) in [7, 11) is 0. The molecular formula is C30H28F2N4O2. The maximum absolute atomic E-state index is 14.5. The maximum Gasteiger partial charge on any atom is 0.308 e. The molecule has 38 heavy (non-hydrogen) atoms. The number of carbonyl (C=O) groups is 1. The van der Waals surface area contributed by atoms with Crippen LogP contribution in [0.1, 0.15) is 56.1 Å².